The number of nitrogens with zero attached hydrogens (tertiary/aromatic N) is 3. The molecule has 0 aliphatic heterocycles. The molecule has 0 radical (unpaired) electrons. The standard InChI is InChI=1S/C11H19N3O3S/c1-7(2)5-9(11(15)16)18(17)8(3)10-13-12-6-14(10)4/h6-9H,5H2,1-4H3,(H,15,16). The van der Waals surface area contributed by atoms with E-state index in [1.165, 1.54) is 6.33 Å². The molecule has 1 aromatic rings. The highest BCUT2D eigenvalue weighted by Gasteiger charge is 2.31. The molecule has 7 heteroatoms. The van der Waals surface area contributed by atoms with Gasteiger partial charge in [-0.3, -0.25) is 9.00 Å². The fourth-order valence-electron chi connectivity index (χ4n) is 1.73. The summed E-state index contributed by atoms with van der Waals surface area (Å²) in [7, 11) is 0.235. The number of carboxylic acids is 1. The third kappa shape index (κ3) is 3.38. The average Bonchev–Trinajstić information content (AvgIpc) is 2.69. The summed E-state index contributed by atoms with van der Waals surface area (Å²) >= 11 is 0. The van der Waals surface area contributed by atoms with Crippen molar-refractivity contribution in [1.82, 2.24) is 14.8 Å². The second-order valence-electron chi connectivity index (χ2n) is 4.73. The molecule has 0 bridgehead atoms. The molecule has 3 atom stereocenters. The number of hydrogen-bond acceptors (Lipinski definition) is 4. The number of aryl methyl sites for hydroxylation is 1. The quantitative estimate of drug-likeness (QED) is 0.839. The van der Waals surface area contributed by atoms with Gasteiger partial charge in [-0.2, -0.15) is 0 Å². The zero-order chi connectivity index (χ0) is 13.9. The molecule has 0 aromatic carbocycles. The van der Waals surface area contributed by atoms with E-state index < -0.39 is 27.3 Å². The first-order valence-electron chi connectivity index (χ1n) is 5.80. The van der Waals surface area contributed by atoms with Gasteiger partial charge < -0.3 is 9.67 Å². The summed E-state index contributed by atoms with van der Waals surface area (Å²) in [4.78, 5) is 11.2. The lowest BCUT2D eigenvalue weighted by molar-refractivity contribution is -0.136. The second kappa shape index (κ2) is 6.08. The Morgan fingerprint density at radius 2 is 2.11 bits per heavy atom. The van der Waals surface area contributed by atoms with Crippen LogP contribution in [0.4, 0.5) is 0 Å². The Balaban J connectivity index is 2.90. The van der Waals surface area contributed by atoms with Gasteiger partial charge in [0.05, 0.1) is 5.25 Å². The Morgan fingerprint density at radius 1 is 1.50 bits per heavy atom. The average molecular weight is 273 g/mol. The molecule has 1 rings (SSSR count). The Kier molecular flexibility index (Phi) is 5.01. The van der Waals surface area contributed by atoms with Crippen LogP contribution < -0.4 is 0 Å². The Hall–Kier alpha value is -1.24. The molecule has 0 saturated heterocycles. The van der Waals surface area contributed by atoms with Crippen molar-refractivity contribution in [3.05, 3.63) is 12.2 Å². The Bertz CT molecular complexity index is 444. The van der Waals surface area contributed by atoms with E-state index in [2.05, 4.69) is 10.2 Å². The number of aliphatic carboxylic acids is 1. The van der Waals surface area contributed by atoms with E-state index in [4.69, 9.17) is 0 Å². The number of aromatic nitrogens is 3. The van der Waals surface area contributed by atoms with E-state index in [-0.39, 0.29) is 5.92 Å². The van der Waals surface area contributed by atoms with E-state index in [0.29, 0.717) is 12.2 Å². The van der Waals surface area contributed by atoms with E-state index in [1.807, 2.05) is 13.8 Å². The van der Waals surface area contributed by atoms with Gasteiger partial charge in [-0.1, -0.05) is 13.8 Å². The largest absolute Gasteiger partial charge is 0.480 e. The van der Waals surface area contributed by atoms with Crippen LogP contribution in [0, 0.1) is 5.92 Å². The maximum atomic E-state index is 12.3. The molecule has 1 aromatic heterocycles. The van der Waals surface area contributed by atoms with Gasteiger partial charge in [0.2, 0.25) is 0 Å². The highest BCUT2D eigenvalue weighted by atomic mass is 32.2. The molecule has 6 nitrogen and oxygen atoms in total. The number of carboxylic acid groups (broad SMARTS) is 1. The summed E-state index contributed by atoms with van der Waals surface area (Å²) in [5, 5.41) is 15.5. The summed E-state index contributed by atoms with van der Waals surface area (Å²) in [6.45, 7) is 5.55. The lowest BCUT2D eigenvalue weighted by atomic mass is 10.1. The van der Waals surface area contributed by atoms with E-state index in [0.717, 1.165) is 0 Å². The van der Waals surface area contributed by atoms with Gasteiger partial charge >= 0.3 is 5.97 Å². The van der Waals surface area contributed by atoms with Gasteiger partial charge in [-0.15, -0.1) is 10.2 Å². The van der Waals surface area contributed by atoms with Gasteiger partial charge in [-0.25, -0.2) is 0 Å². The maximum absolute atomic E-state index is 12.3. The first-order valence-corrected chi connectivity index (χ1v) is 7.08. The molecule has 0 fully saturated rings. The molecular formula is C11H19N3O3S. The van der Waals surface area contributed by atoms with Gasteiger partial charge in [-0.05, 0) is 19.3 Å². The molecule has 1 heterocycles. The highest BCUT2D eigenvalue weighted by Crippen LogP contribution is 2.23. The SMILES string of the molecule is CC(C)CC(C(=O)O)S(=O)C(C)c1nncn1C. The summed E-state index contributed by atoms with van der Waals surface area (Å²) in [5.41, 5.74) is 0. The zero-order valence-corrected chi connectivity index (χ0v) is 11.8. The second-order valence-corrected chi connectivity index (χ2v) is 6.66. The smallest absolute Gasteiger partial charge is 0.319 e. The van der Waals surface area contributed by atoms with E-state index in [1.54, 1.807) is 18.5 Å². The zero-order valence-electron chi connectivity index (χ0n) is 11.0. The van der Waals surface area contributed by atoms with Gasteiger partial charge in [0.25, 0.3) is 0 Å². The van der Waals surface area contributed by atoms with Crippen LogP contribution in [-0.4, -0.2) is 35.3 Å². The van der Waals surface area contributed by atoms with Crippen molar-refractivity contribution in [3.63, 3.8) is 0 Å². The molecule has 18 heavy (non-hydrogen) atoms. The fraction of sp³-hybridized carbons (Fsp3) is 0.727. The first kappa shape index (κ1) is 14.8. The molecule has 0 aliphatic rings. The van der Waals surface area contributed by atoms with Crippen molar-refractivity contribution in [2.75, 3.05) is 0 Å². The van der Waals surface area contributed by atoms with Crippen LogP contribution in [0.1, 0.15) is 38.3 Å². The van der Waals surface area contributed by atoms with E-state index >= 15 is 0 Å². The topological polar surface area (TPSA) is 85.1 Å². The molecular weight excluding hydrogens is 254 g/mol. The molecule has 0 amide bonds. The first-order chi connectivity index (χ1) is 8.34. The molecule has 0 saturated carbocycles. The molecule has 102 valence electrons. The number of hydrogen-bond donors (Lipinski definition) is 1. The molecule has 0 spiro atoms. The summed E-state index contributed by atoms with van der Waals surface area (Å²) in [6.07, 6.45) is 1.91. The summed E-state index contributed by atoms with van der Waals surface area (Å²) in [6, 6.07) is 0. The highest BCUT2D eigenvalue weighted by molar-refractivity contribution is 7.86. The van der Waals surface area contributed by atoms with Crippen LogP contribution in [0.5, 0.6) is 0 Å². The lowest BCUT2D eigenvalue weighted by Crippen LogP contribution is -2.30. The van der Waals surface area contributed by atoms with Crippen LogP contribution in [0.3, 0.4) is 0 Å². The predicted octanol–water partition coefficient (Wildman–Crippen LogP) is 1.12. The summed E-state index contributed by atoms with van der Waals surface area (Å²) in [5.74, 6) is -0.291. The minimum absolute atomic E-state index is 0.182. The number of carbonyl (C=O) groups is 1. The van der Waals surface area contributed by atoms with Crippen LogP contribution in [0.25, 0.3) is 0 Å². The predicted molar refractivity (Wildman–Crippen MR) is 68.4 cm³/mol. The van der Waals surface area contributed by atoms with E-state index in [9.17, 15) is 14.1 Å². The van der Waals surface area contributed by atoms with Crippen molar-refractivity contribution in [2.24, 2.45) is 13.0 Å². The third-order valence-corrected chi connectivity index (χ3v) is 4.56. The van der Waals surface area contributed by atoms with Crippen LogP contribution in [-0.2, 0) is 22.6 Å². The Morgan fingerprint density at radius 3 is 2.50 bits per heavy atom. The molecule has 3 unspecified atom stereocenters. The number of rotatable bonds is 6. The van der Waals surface area contributed by atoms with Crippen LogP contribution >= 0.6 is 0 Å². The Labute approximate surface area is 109 Å². The van der Waals surface area contributed by atoms with Crippen LogP contribution in [0.15, 0.2) is 6.33 Å². The van der Waals surface area contributed by atoms with Crippen molar-refractivity contribution in [3.8, 4) is 0 Å². The van der Waals surface area contributed by atoms with Crippen molar-refractivity contribution in [1.29, 1.82) is 0 Å². The van der Waals surface area contributed by atoms with Crippen molar-refractivity contribution >= 4 is 16.8 Å². The van der Waals surface area contributed by atoms with Crippen LogP contribution in [0.2, 0.25) is 0 Å². The lowest BCUT2D eigenvalue weighted by Gasteiger charge is -2.18. The van der Waals surface area contributed by atoms with Gasteiger partial charge in [0.15, 0.2) is 0 Å². The van der Waals surface area contributed by atoms with Crippen molar-refractivity contribution < 1.29 is 14.1 Å². The fourth-order valence-corrected chi connectivity index (χ4v) is 3.42. The monoisotopic (exact) mass is 273 g/mol. The minimum atomic E-state index is -1.52. The summed E-state index contributed by atoms with van der Waals surface area (Å²) < 4.78 is 14.0. The molecule has 1 N–H and O–H groups in total. The maximum Gasteiger partial charge on any atom is 0.319 e. The van der Waals surface area contributed by atoms with Gasteiger partial charge in [0, 0.05) is 17.8 Å². The van der Waals surface area contributed by atoms with Gasteiger partial charge in [0.1, 0.15) is 17.4 Å². The third-order valence-electron chi connectivity index (χ3n) is 2.70. The minimum Gasteiger partial charge on any atom is -0.480 e. The normalized spacial score (nSPS) is 16.5. The van der Waals surface area contributed by atoms with Crippen molar-refractivity contribution in [2.45, 2.75) is 37.7 Å². The molecule has 0 aliphatic carbocycles.